The monoisotopic (exact) mass is 149 g/mol. The smallest absolute Gasteiger partial charge is 0.153 e. The third kappa shape index (κ3) is 1.19. The molecule has 1 rings (SSSR count). The van der Waals surface area contributed by atoms with E-state index < -0.39 is 5.41 Å². The molecule has 0 bridgehead atoms. The summed E-state index contributed by atoms with van der Waals surface area (Å²) in [4.78, 5) is 11.2. The standard InChI is InChI=1S/C9H11NO/c1-2-5-9(7-10)6-3-4-8(9)11/h2H,1,3-6H2/t9-/m1/s1. The number of nitriles is 1. The summed E-state index contributed by atoms with van der Waals surface area (Å²) in [6.07, 6.45) is 4.32. The quantitative estimate of drug-likeness (QED) is 0.562. The second-order valence-corrected chi connectivity index (χ2v) is 2.96. The third-order valence-electron chi connectivity index (χ3n) is 2.25. The van der Waals surface area contributed by atoms with E-state index in [4.69, 9.17) is 5.26 Å². The first-order valence-corrected chi connectivity index (χ1v) is 3.80. The Labute approximate surface area is 66.5 Å². The SMILES string of the molecule is C=CC[C@]1(C#N)CCCC1=O. The van der Waals surface area contributed by atoms with Gasteiger partial charge in [-0.25, -0.2) is 0 Å². The second-order valence-electron chi connectivity index (χ2n) is 2.96. The zero-order valence-electron chi connectivity index (χ0n) is 6.47. The van der Waals surface area contributed by atoms with E-state index in [-0.39, 0.29) is 5.78 Å². The van der Waals surface area contributed by atoms with Gasteiger partial charge in [-0.05, 0) is 19.3 Å². The highest BCUT2D eigenvalue weighted by Crippen LogP contribution is 2.37. The average Bonchev–Trinajstić information content (AvgIpc) is 2.35. The van der Waals surface area contributed by atoms with Crippen LogP contribution < -0.4 is 0 Å². The molecule has 0 amide bonds. The van der Waals surface area contributed by atoms with Gasteiger partial charge in [0, 0.05) is 6.42 Å². The zero-order valence-corrected chi connectivity index (χ0v) is 6.47. The Hall–Kier alpha value is -1.10. The van der Waals surface area contributed by atoms with E-state index in [1.54, 1.807) is 6.08 Å². The molecule has 1 saturated carbocycles. The van der Waals surface area contributed by atoms with Crippen molar-refractivity contribution in [3.63, 3.8) is 0 Å². The minimum atomic E-state index is -0.707. The van der Waals surface area contributed by atoms with Crippen LogP contribution in [-0.2, 0) is 4.79 Å². The molecule has 0 aromatic heterocycles. The zero-order chi connectivity index (χ0) is 8.32. The lowest BCUT2D eigenvalue weighted by Gasteiger charge is -2.14. The summed E-state index contributed by atoms with van der Waals surface area (Å²) < 4.78 is 0. The highest BCUT2D eigenvalue weighted by atomic mass is 16.1. The van der Waals surface area contributed by atoms with Crippen molar-refractivity contribution in [3.05, 3.63) is 12.7 Å². The van der Waals surface area contributed by atoms with Crippen LogP contribution in [0, 0.1) is 16.7 Å². The normalized spacial score (nSPS) is 29.9. The van der Waals surface area contributed by atoms with Crippen LogP contribution in [-0.4, -0.2) is 5.78 Å². The number of hydrogen-bond donors (Lipinski definition) is 0. The van der Waals surface area contributed by atoms with Gasteiger partial charge in [0.05, 0.1) is 6.07 Å². The van der Waals surface area contributed by atoms with Gasteiger partial charge in [-0.2, -0.15) is 5.26 Å². The van der Waals surface area contributed by atoms with Crippen LogP contribution in [0.3, 0.4) is 0 Å². The number of carbonyl (C=O) groups excluding carboxylic acids is 1. The largest absolute Gasteiger partial charge is 0.298 e. The van der Waals surface area contributed by atoms with E-state index in [0.29, 0.717) is 19.3 Å². The topological polar surface area (TPSA) is 40.9 Å². The molecule has 0 saturated heterocycles. The fourth-order valence-corrected chi connectivity index (χ4v) is 1.56. The Morgan fingerprint density at radius 3 is 2.91 bits per heavy atom. The molecule has 1 atom stereocenters. The van der Waals surface area contributed by atoms with Crippen molar-refractivity contribution in [2.75, 3.05) is 0 Å². The van der Waals surface area contributed by atoms with E-state index in [1.807, 2.05) is 0 Å². The molecule has 1 aliphatic rings. The molecule has 1 aliphatic carbocycles. The summed E-state index contributed by atoms with van der Waals surface area (Å²) in [5.74, 6) is 0.0971. The number of Topliss-reactive ketones (excluding diaryl/α,β-unsaturated/α-hetero) is 1. The number of ketones is 1. The van der Waals surface area contributed by atoms with Crippen LogP contribution in [0.2, 0.25) is 0 Å². The number of hydrogen-bond acceptors (Lipinski definition) is 2. The van der Waals surface area contributed by atoms with Gasteiger partial charge in [0.1, 0.15) is 5.41 Å². The summed E-state index contributed by atoms with van der Waals surface area (Å²) >= 11 is 0. The average molecular weight is 149 g/mol. The van der Waals surface area contributed by atoms with Crippen molar-refractivity contribution in [1.29, 1.82) is 5.26 Å². The van der Waals surface area contributed by atoms with E-state index in [1.165, 1.54) is 0 Å². The molecule has 0 unspecified atom stereocenters. The lowest BCUT2D eigenvalue weighted by Crippen LogP contribution is -2.22. The summed E-state index contributed by atoms with van der Waals surface area (Å²) in [6.45, 7) is 3.55. The van der Waals surface area contributed by atoms with Crippen molar-refractivity contribution < 1.29 is 4.79 Å². The molecule has 0 aromatic carbocycles. The number of carbonyl (C=O) groups is 1. The van der Waals surface area contributed by atoms with Crippen LogP contribution in [0.5, 0.6) is 0 Å². The van der Waals surface area contributed by atoms with Gasteiger partial charge in [0.15, 0.2) is 5.78 Å². The molecular weight excluding hydrogens is 138 g/mol. The van der Waals surface area contributed by atoms with E-state index in [0.717, 1.165) is 6.42 Å². The van der Waals surface area contributed by atoms with Crippen LogP contribution in [0.4, 0.5) is 0 Å². The first kappa shape index (κ1) is 8.00. The molecule has 58 valence electrons. The Morgan fingerprint density at radius 2 is 2.55 bits per heavy atom. The molecule has 0 radical (unpaired) electrons. The van der Waals surface area contributed by atoms with Crippen molar-refractivity contribution in [3.8, 4) is 6.07 Å². The van der Waals surface area contributed by atoms with Gasteiger partial charge in [-0.15, -0.1) is 6.58 Å². The molecule has 0 N–H and O–H groups in total. The number of nitrogens with zero attached hydrogens (tertiary/aromatic N) is 1. The molecule has 0 spiro atoms. The minimum absolute atomic E-state index is 0.0971. The Morgan fingerprint density at radius 1 is 1.82 bits per heavy atom. The van der Waals surface area contributed by atoms with Crippen LogP contribution in [0.1, 0.15) is 25.7 Å². The Balaban J connectivity index is 2.83. The first-order valence-electron chi connectivity index (χ1n) is 3.80. The maximum Gasteiger partial charge on any atom is 0.153 e. The van der Waals surface area contributed by atoms with Gasteiger partial charge >= 0.3 is 0 Å². The van der Waals surface area contributed by atoms with Gasteiger partial charge in [-0.3, -0.25) is 4.79 Å². The molecular formula is C9H11NO. The number of rotatable bonds is 2. The fourth-order valence-electron chi connectivity index (χ4n) is 1.56. The molecule has 2 nitrogen and oxygen atoms in total. The minimum Gasteiger partial charge on any atom is -0.298 e. The highest BCUT2D eigenvalue weighted by Gasteiger charge is 2.40. The van der Waals surface area contributed by atoms with Crippen molar-refractivity contribution in [2.24, 2.45) is 5.41 Å². The maximum absolute atomic E-state index is 11.2. The molecule has 0 aromatic rings. The van der Waals surface area contributed by atoms with Crippen molar-refractivity contribution in [2.45, 2.75) is 25.7 Å². The van der Waals surface area contributed by atoms with Gasteiger partial charge in [0.25, 0.3) is 0 Å². The van der Waals surface area contributed by atoms with Crippen LogP contribution in [0.25, 0.3) is 0 Å². The van der Waals surface area contributed by atoms with Crippen LogP contribution >= 0.6 is 0 Å². The molecule has 0 heterocycles. The summed E-state index contributed by atoms with van der Waals surface area (Å²) in [7, 11) is 0. The third-order valence-corrected chi connectivity index (χ3v) is 2.25. The summed E-state index contributed by atoms with van der Waals surface area (Å²) in [5.41, 5.74) is -0.707. The predicted molar refractivity (Wildman–Crippen MR) is 41.7 cm³/mol. The van der Waals surface area contributed by atoms with Gasteiger partial charge in [-0.1, -0.05) is 6.08 Å². The lowest BCUT2D eigenvalue weighted by molar-refractivity contribution is -0.123. The van der Waals surface area contributed by atoms with E-state index in [9.17, 15) is 4.79 Å². The van der Waals surface area contributed by atoms with Crippen molar-refractivity contribution >= 4 is 5.78 Å². The highest BCUT2D eigenvalue weighted by molar-refractivity contribution is 5.89. The first-order chi connectivity index (χ1) is 5.25. The number of allylic oxidation sites excluding steroid dienone is 1. The second kappa shape index (κ2) is 2.87. The molecule has 2 heteroatoms. The summed E-state index contributed by atoms with van der Waals surface area (Å²) in [5, 5.41) is 8.80. The van der Waals surface area contributed by atoms with Crippen LogP contribution in [0.15, 0.2) is 12.7 Å². The van der Waals surface area contributed by atoms with E-state index >= 15 is 0 Å². The van der Waals surface area contributed by atoms with Gasteiger partial charge < -0.3 is 0 Å². The summed E-state index contributed by atoms with van der Waals surface area (Å²) in [6, 6.07) is 2.11. The molecule has 1 fully saturated rings. The fraction of sp³-hybridized carbons (Fsp3) is 0.556. The molecule has 11 heavy (non-hydrogen) atoms. The van der Waals surface area contributed by atoms with Crippen molar-refractivity contribution in [1.82, 2.24) is 0 Å². The van der Waals surface area contributed by atoms with E-state index in [2.05, 4.69) is 12.6 Å². The Kier molecular flexibility index (Phi) is 2.09. The maximum atomic E-state index is 11.2. The molecule has 0 aliphatic heterocycles. The van der Waals surface area contributed by atoms with Gasteiger partial charge in [0.2, 0.25) is 0 Å². The lowest BCUT2D eigenvalue weighted by atomic mass is 9.84. The Bertz CT molecular complexity index is 226. The predicted octanol–water partition coefficient (Wildman–Crippen LogP) is 1.83.